The third kappa shape index (κ3) is 5.36. The van der Waals surface area contributed by atoms with Gasteiger partial charge in [-0.1, -0.05) is 12.1 Å². The number of benzene rings is 1. The third-order valence-corrected chi connectivity index (χ3v) is 4.91. The molecule has 0 atom stereocenters. The molecular weight excluding hydrogens is 306 g/mol. The van der Waals surface area contributed by atoms with Crippen LogP contribution in [0.1, 0.15) is 27.6 Å². The number of amides is 1. The van der Waals surface area contributed by atoms with E-state index in [2.05, 4.69) is 17.2 Å². The molecule has 0 radical (unpaired) electrons. The van der Waals surface area contributed by atoms with E-state index >= 15 is 0 Å². The van der Waals surface area contributed by atoms with Crippen molar-refractivity contribution < 1.29 is 4.79 Å². The van der Waals surface area contributed by atoms with Gasteiger partial charge in [-0.2, -0.15) is 0 Å². The van der Waals surface area contributed by atoms with E-state index in [9.17, 15) is 4.79 Å². The predicted molar refractivity (Wildman–Crippen MR) is 97.4 cm³/mol. The summed E-state index contributed by atoms with van der Waals surface area (Å²) in [6, 6.07) is 8.09. The van der Waals surface area contributed by atoms with Gasteiger partial charge in [-0.05, 0) is 38.0 Å². The molecule has 124 valence electrons. The van der Waals surface area contributed by atoms with E-state index in [0.717, 1.165) is 34.8 Å². The van der Waals surface area contributed by atoms with Crippen molar-refractivity contribution in [2.24, 2.45) is 0 Å². The maximum Gasteiger partial charge on any atom is 0.224 e. The van der Waals surface area contributed by atoms with Crippen LogP contribution in [0.3, 0.4) is 0 Å². The topological polar surface area (TPSA) is 45.2 Å². The predicted octanol–water partition coefficient (Wildman–Crippen LogP) is 3.12. The second kappa shape index (κ2) is 8.11. The van der Waals surface area contributed by atoms with E-state index in [0.29, 0.717) is 13.0 Å². The molecule has 0 bridgehead atoms. The first-order valence-corrected chi connectivity index (χ1v) is 8.73. The van der Waals surface area contributed by atoms with Crippen molar-refractivity contribution in [2.45, 2.75) is 33.1 Å². The Bertz CT molecular complexity index is 627. The number of nitrogens with one attached hydrogen (secondary N) is 1. The molecule has 1 heterocycles. The molecule has 1 aromatic carbocycles. The minimum atomic E-state index is 0.0779. The van der Waals surface area contributed by atoms with Crippen LogP contribution in [0.4, 0.5) is 5.69 Å². The van der Waals surface area contributed by atoms with Crippen LogP contribution < -0.4 is 10.2 Å². The molecule has 0 spiro atoms. The molecule has 0 saturated carbocycles. The Kier molecular flexibility index (Phi) is 6.16. The summed E-state index contributed by atoms with van der Waals surface area (Å²) in [5.41, 5.74) is 3.30. The summed E-state index contributed by atoms with van der Waals surface area (Å²) in [5.74, 6) is 0.0779. The van der Waals surface area contributed by atoms with Crippen LogP contribution in [0.2, 0.25) is 0 Å². The van der Waals surface area contributed by atoms with Crippen LogP contribution in [0.15, 0.2) is 24.3 Å². The fourth-order valence-corrected chi connectivity index (χ4v) is 3.25. The van der Waals surface area contributed by atoms with Gasteiger partial charge < -0.3 is 10.2 Å². The lowest BCUT2D eigenvalue weighted by atomic mass is 10.1. The van der Waals surface area contributed by atoms with Crippen LogP contribution in [-0.4, -0.2) is 31.5 Å². The van der Waals surface area contributed by atoms with Gasteiger partial charge >= 0.3 is 0 Å². The molecular formula is C18H25N3OS. The minimum Gasteiger partial charge on any atom is -0.378 e. The van der Waals surface area contributed by atoms with Crippen LogP contribution in [0.5, 0.6) is 0 Å². The Morgan fingerprint density at radius 2 is 1.91 bits per heavy atom. The van der Waals surface area contributed by atoms with Crippen molar-refractivity contribution in [3.8, 4) is 0 Å². The van der Waals surface area contributed by atoms with E-state index < -0.39 is 0 Å². The summed E-state index contributed by atoms with van der Waals surface area (Å²) in [6.07, 6.45) is 2.29. The van der Waals surface area contributed by atoms with E-state index in [1.54, 1.807) is 11.3 Å². The highest BCUT2D eigenvalue weighted by Crippen LogP contribution is 2.17. The second-order valence-corrected chi connectivity index (χ2v) is 7.23. The fraction of sp³-hybridized carbons (Fsp3) is 0.444. The molecule has 1 aromatic heterocycles. The van der Waals surface area contributed by atoms with Crippen LogP contribution in [-0.2, 0) is 17.6 Å². The first kappa shape index (κ1) is 17.5. The highest BCUT2D eigenvalue weighted by molar-refractivity contribution is 7.11. The number of hydrogen-bond acceptors (Lipinski definition) is 4. The fourth-order valence-electron chi connectivity index (χ4n) is 2.27. The SMILES string of the molecule is Cc1nc(CCCNC(=O)Cc2ccc(N(C)C)cc2)sc1C. The van der Waals surface area contributed by atoms with Crippen molar-refractivity contribution in [3.63, 3.8) is 0 Å². The Balaban J connectivity index is 1.70. The number of rotatable bonds is 7. The second-order valence-electron chi connectivity index (χ2n) is 5.94. The van der Waals surface area contributed by atoms with Crippen molar-refractivity contribution in [3.05, 3.63) is 45.4 Å². The van der Waals surface area contributed by atoms with Crippen LogP contribution in [0.25, 0.3) is 0 Å². The van der Waals surface area contributed by atoms with Crippen molar-refractivity contribution >= 4 is 22.9 Å². The molecule has 0 unspecified atom stereocenters. The molecule has 2 aromatic rings. The van der Waals surface area contributed by atoms with Gasteiger partial charge in [0.05, 0.1) is 17.1 Å². The quantitative estimate of drug-likeness (QED) is 0.793. The zero-order chi connectivity index (χ0) is 16.8. The summed E-state index contributed by atoms with van der Waals surface area (Å²) in [5, 5.41) is 4.15. The number of aromatic nitrogens is 1. The minimum absolute atomic E-state index is 0.0779. The number of hydrogen-bond donors (Lipinski definition) is 1. The monoisotopic (exact) mass is 331 g/mol. The Hall–Kier alpha value is -1.88. The largest absolute Gasteiger partial charge is 0.378 e. The number of carbonyl (C=O) groups is 1. The first-order chi connectivity index (χ1) is 11.0. The summed E-state index contributed by atoms with van der Waals surface area (Å²) in [7, 11) is 4.01. The van der Waals surface area contributed by atoms with Crippen molar-refractivity contribution in [1.82, 2.24) is 10.3 Å². The zero-order valence-corrected chi connectivity index (χ0v) is 15.2. The third-order valence-electron chi connectivity index (χ3n) is 3.78. The lowest BCUT2D eigenvalue weighted by Crippen LogP contribution is -2.26. The highest BCUT2D eigenvalue weighted by Gasteiger charge is 2.06. The summed E-state index contributed by atoms with van der Waals surface area (Å²) < 4.78 is 0. The van der Waals surface area contributed by atoms with Gasteiger partial charge in [-0.15, -0.1) is 11.3 Å². The van der Waals surface area contributed by atoms with E-state index in [1.807, 2.05) is 50.2 Å². The molecule has 5 heteroatoms. The maximum absolute atomic E-state index is 12.0. The number of nitrogens with zero attached hydrogens (tertiary/aromatic N) is 2. The number of thiazole rings is 1. The zero-order valence-electron chi connectivity index (χ0n) is 14.3. The molecule has 23 heavy (non-hydrogen) atoms. The number of anilines is 1. The lowest BCUT2D eigenvalue weighted by Gasteiger charge is -2.12. The maximum atomic E-state index is 12.0. The molecule has 1 N–H and O–H groups in total. The average molecular weight is 331 g/mol. The number of carbonyl (C=O) groups excluding carboxylic acids is 1. The lowest BCUT2D eigenvalue weighted by molar-refractivity contribution is -0.120. The summed E-state index contributed by atoms with van der Waals surface area (Å²) >= 11 is 1.75. The van der Waals surface area contributed by atoms with E-state index in [-0.39, 0.29) is 5.91 Å². The summed E-state index contributed by atoms with van der Waals surface area (Å²) in [4.78, 5) is 19.8. The molecule has 1 amide bonds. The molecule has 0 saturated heterocycles. The molecule has 0 aliphatic heterocycles. The molecule has 0 aliphatic rings. The van der Waals surface area contributed by atoms with Gasteiger partial charge in [0.15, 0.2) is 0 Å². The smallest absolute Gasteiger partial charge is 0.224 e. The average Bonchev–Trinajstić information content (AvgIpc) is 2.83. The van der Waals surface area contributed by atoms with Crippen LogP contribution >= 0.6 is 11.3 Å². The first-order valence-electron chi connectivity index (χ1n) is 7.91. The molecule has 0 aliphatic carbocycles. The number of aryl methyl sites for hydroxylation is 3. The molecule has 0 fully saturated rings. The van der Waals surface area contributed by atoms with Gasteiger partial charge in [0.2, 0.25) is 5.91 Å². The van der Waals surface area contributed by atoms with Crippen molar-refractivity contribution in [2.75, 3.05) is 25.5 Å². The van der Waals surface area contributed by atoms with Crippen molar-refractivity contribution in [1.29, 1.82) is 0 Å². The Morgan fingerprint density at radius 1 is 1.22 bits per heavy atom. The van der Waals surface area contributed by atoms with E-state index in [4.69, 9.17) is 0 Å². The standard InChI is InChI=1S/C18H25N3OS/c1-13-14(2)23-18(20-13)6-5-11-19-17(22)12-15-7-9-16(10-8-15)21(3)4/h7-10H,5-6,11-12H2,1-4H3,(H,19,22). The molecule has 4 nitrogen and oxygen atoms in total. The van der Waals surface area contributed by atoms with Gasteiger partial charge in [0.25, 0.3) is 0 Å². The van der Waals surface area contributed by atoms with Crippen LogP contribution in [0, 0.1) is 13.8 Å². The van der Waals surface area contributed by atoms with Gasteiger partial charge in [0, 0.05) is 37.6 Å². The van der Waals surface area contributed by atoms with Gasteiger partial charge in [-0.25, -0.2) is 4.98 Å². The Labute approximate surface area is 142 Å². The Morgan fingerprint density at radius 3 is 2.48 bits per heavy atom. The van der Waals surface area contributed by atoms with Gasteiger partial charge in [-0.3, -0.25) is 4.79 Å². The summed E-state index contributed by atoms with van der Waals surface area (Å²) in [6.45, 7) is 4.84. The highest BCUT2D eigenvalue weighted by atomic mass is 32.1. The van der Waals surface area contributed by atoms with Gasteiger partial charge in [0.1, 0.15) is 0 Å². The normalized spacial score (nSPS) is 10.6. The van der Waals surface area contributed by atoms with E-state index in [1.165, 1.54) is 4.88 Å². The molecule has 2 rings (SSSR count).